The van der Waals surface area contributed by atoms with Crippen molar-refractivity contribution in [1.82, 2.24) is 5.32 Å². The lowest BCUT2D eigenvalue weighted by molar-refractivity contribution is -0.133. The van der Waals surface area contributed by atoms with Crippen molar-refractivity contribution >= 4 is 23.1 Å². The van der Waals surface area contributed by atoms with Gasteiger partial charge in [-0.15, -0.1) is 0 Å². The van der Waals surface area contributed by atoms with Crippen LogP contribution in [0, 0.1) is 5.82 Å². The first-order valence-electron chi connectivity index (χ1n) is 10.6. The molecule has 0 saturated carbocycles. The van der Waals surface area contributed by atoms with E-state index in [0.717, 1.165) is 12.1 Å². The summed E-state index contributed by atoms with van der Waals surface area (Å²) in [6.45, 7) is 8.93. The lowest BCUT2D eigenvalue weighted by Crippen LogP contribution is -2.17. The minimum atomic E-state index is -1.10. The van der Waals surface area contributed by atoms with Crippen molar-refractivity contribution in [3.05, 3.63) is 58.6 Å². The number of carboxylic acids is 1. The molecule has 1 aromatic carbocycles. The number of likely N-dealkylation sites (N-methyl/N-ethyl adjacent to an activating group) is 1. The number of allylic oxidation sites excluding steroid dienone is 4. The lowest BCUT2D eigenvalue weighted by atomic mass is 10.0. The minimum Gasteiger partial charge on any atom is -0.497 e. The summed E-state index contributed by atoms with van der Waals surface area (Å²) in [5.74, 6) is -1.54. The molecule has 0 unspecified atom stereocenters. The molecule has 0 bridgehead atoms. The van der Waals surface area contributed by atoms with Crippen LogP contribution in [0.5, 0.6) is 0 Å². The monoisotopic (exact) mass is 432 g/mol. The number of benzene rings is 1. The van der Waals surface area contributed by atoms with Gasteiger partial charge in [-0.05, 0) is 69.5 Å². The van der Waals surface area contributed by atoms with Crippen LogP contribution in [0.15, 0.2) is 47.3 Å². The number of aliphatic carboxylic acids is 1. The van der Waals surface area contributed by atoms with Gasteiger partial charge in [0.1, 0.15) is 12.4 Å². The summed E-state index contributed by atoms with van der Waals surface area (Å²) in [4.78, 5) is 23.6. The van der Waals surface area contributed by atoms with Gasteiger partial charge < -0.3 is 20.5 Å². The summed E-state index contributed by atoms with van der Waals surface area (Å²) in [6, 6.07) is 4.52. The average Bonchev–Trinajstić information content (AvgIpc) is 3.25. The second kappa shape index (κ2) is 13.4. The molecule has 1 aliphatic carbocycles. The zero-order valence-corrected chi connectivity index (χ0v) is 19.0. The van der Waals surface area contributed by atoms with Gasteiger partial charge in [0.05, 0.1) is 11.4 Å². The number of carbonyl (C=O) groups excluding carboxylic acids is 1. The molecule has 1 amide bonds. The number of carbonyl (C=O) groups is 2. The molecule has 2 rings (SSSR count). The molecule has 0 saturated heterocycles. The summed E-state index contributed by atoms with van der Waals surface area (Å²) in [6.07, 6.45) is 5.02. The second-order valence-corrected chi connectivity index (χ2v) is 6.72. The molecular formula is C24H33FN2O4. The van der Waals surface area contributed by atoms with Crippen LogP contribution in [-0.4, -0.2) is 37.2 Å². The number of anilines is 1. The highest BCUT2D eigenvalue weighted by atomic mass is 19.1. The van der Waals surface area contributed by atoms with Crippen LogP contribution in [0.4, 0.5) is 10.1 Å². The van der Waals surface area contributed by atoms with Gasteiger partial charge in [-0.25, -0.2) is 9.18 Å². The summed E-state index contributed by atoms with van der Waals surface area (Å²) in [5, 5.41) is 14.7. The van der Waals surface area contributed by atoms with E-state index >= 15 is 0 Å². The number of ether oxygens (including phenoxy) is 1. The van der Waals surface area contributed by atoms with Gasteiger partial charge in [-0.1, -0.05) is 26.0 Å². The van der Waals surface area contributed by atoms with Crippen molar-refractivity contribution in [3.63, 3.8) is 0 Å². The van der Waals surface area contributed by atoms with Crippen LogP contribution in [0.3, 0.4) is 0 Å². The van der Waals surface area contributed by atoms with E-state index in [0.29, 0.717) is 37.2 Å². The first kappa shape index (κ1) is 26.1. The predicted octanol–water partition coefficient (Wildman–Crippen LogP) is 4.90. The summed E-state index contributed by atoms with van der Waals surface area (Å²) in [7, 11) is 1.84. The Labute approximate surface area is 183 Å². The zero-order valence-electron chi connectivity index (χ0n) is 19.0. The van der Waals surface area contributed by atoms with Gasteiger partial charge >= 0.3 is 5.97 Å². The Hall–Kier alpha value is -2.93. The number of rotatable bonds is 9. The van der Waals surface area contributed by atoms with Gasteiger partial charge in [0, 0.05) is 17.7 Å². The molecule has 1 aliphatic rings. The van der Waals surface area contributed by atoms with Crippen molar-refractivity contribution in [3.8, 4) is 0 Å². The van der Waals surface area contributed by atoms with Crippen LogP contribution < -0.4 is 10.6 Å². The molecule has 6 nitrogen and oxygen atoms in total. The number of hydrogen-bond donors (Lipinski definition) is 3. The van der Waals surface area contributed by atoms with Crippen LogP contribution in [0.25, 0.3) is 5.57 Å². The molecule has 0 spiro atoms. The highest BCUT2D eigenvalue weighted by Gasteiger charge is 2.25. The second-order valence-electron chi connectivity index (χ2n) is 6.72. The number of carboxylic acid groups (broad SMARTS) is 1. The number of halogens is 1. The maximum Gasteiger partial charge on any atom is 0.332 e. The van der Waals surface area contributed by atoms with Crippen LogP contribution >= 0.6 is 0 Å². The molecule has 0 radical (unpaired) electrons. The first-order valence-corrected chi connectivity index (χ1v) is 10.6. The molecule has 31 heavy (non-hydrogen) atoms. The summed E-state index contributed by atoms with van der Waals surface area (Å²) >= 11 is 0. The highest BCUT2D eigenvalue weighted by molar-refractivity contribution is 6.09. The van der Waals surface area contributed by atoms with Crippen LogP contribution in [-0.2, 0) is 14.3 Å². The fourth-order valence-electron chi connectivity index (χ4n) is 3.13. The Morgan fingerprint density at radius 3 is 2.48 bits per heavy atom. The topological polar surface area (TPSA) is 87.7 Å². The van der Waals surface area contributed by atoms with Gasteiger partial charge in [0.25, 0.3) is 5.91 Å². The van der Waals surface area contributed by atoms with E-state index in [4.69, 9.17) is 4.74 Å². The SMILES string of the molecule is C/C=C(\C=C(/C)OCCNC)c1ccc(NC(=O)C2=C(C(=O)O)CCC2)c(F)c1.CC. The molecule has 170 valence electrons. The Balaban J connectivity index is 0.00000233. The lowest BCUT2D eigenvalue weighted by Gasteiger charge is -2.11. The van der Waals surface area contributed by atoms with E-state index in [1.807, 2.05) is 46.9 Å². The fourth-order valence-corrected chi connectivity index (χ4v) is 3.13. The third-order valence-electron chi connectivity index (χ3n) is 4.65. The normalized spacial score (nSPS) is 14.1. The van der Waals surface area contributed by atoms with Gasteiger partial charge in [-0.2, -0.15) is 0 Å². The van der Waals surface area contributed by atoms with E-state index in [-0.39, 0.29) is 16.8 Å². The maximum atomic E-state index is 14.6. The summed E-state index contributed by atoms with van der Waals surface area (Å²) < 4.78 is 20.2. The minimum absolute atomic E-state index is 0.0179. The van der Waals surface area contributed by atoms with E-state index in [1.54, 1.807) is 6.07 Å². The third-order valence-corrected chi connectivity index (χ3v) is 4.65. The predicted molar refractivity (Wildman–Crippen MR) is 122 cm³/mol. The van der Waals surface area contributed by atoms with Crippen LogP contribution in [0.2, 0.25) is 0 Å². The Kier molecular flexibility index (Phi) is 11.3. The Morgan fingerprint density at radius 2 is 1.90 bits per heavy atom. The largest absolute Gasteiger partial charge is 0.497 e. The number of nitrogens with one attached hydrogen (secondary N) is 2. The first-order chi connectivity index (χ1) is 14.9. The molecule has 0 atom stereocenters. The fraction of sp³-hybridized carbons (Fsp3) is 0.417. The molecule has 0 aromatic heterocycles. The van der Waals surface area contributed by atoms with Gasteiger partial charge in [-0.3, -0.25) is 4.79 Å². The standard InChI is InChI=1S/C22H27FN2O4.C2H6/c1-4-15(12-14(2)29-11-10-24-3)16-8-9-20(19(23)13-16)25-21(26)17-6-5-7-18(17)22(27)28;1-2/h4,8-9,12-13,24H,5-7,10-11H2,1-3H3,(H,25,26)(H,27,28);1-2H3/b14-12+,15-4+;. The molecule has 0 heterocycles. The van der Waals surface area contributed by atoms with Crippen molar-refractivity contribution in [2.45, 2.75) is 47.0 Å². The van der Waals surface area contributed by atoms with Crippen molar-refractivity contribution in [1.29, 1.82) is 0 Å². The molecule has 0 fully saturated rings. The van der Waals surface area contributed by atoms with Crippen molar-refractivity contribution in [2.24, 2.45) is 0 Å². The van der Waals surface area contributed by atoms with Gasteiger partial charge in [0.2, 0.25) is 0 Å². The zero-order chi connectivity index (χ0) is 23.4. The van der Waals surface area contributed by atoms with Gasteiger partial charge in [0.15, 0.2) is 0 Å². The molecule has 0 aliphatic heterocycles. The van der Waals surface area contributed by atoms with Crippen molar-refractivity contribution < 1.29 is 23.8 Å². The van der Waals surface area contributed by atoms with Crippen LogP contribution in [0.1, 0.15) is 52.5 Å². The molecule has 3 N–H and O–H groups in total. The highest BCUT2D eigenvalue weighted by Crippen LogP contribution is 2.28. The number of hydrogen-bond acceptors (Lipinski definition) is 4. The Morgan fingerprint density at radius 1 is 1.23 bits per heavy atom. The van der Waals surface area contributed by atoms with E-state index < -0.39 is 17.7 Å². The van der Waals surface area contributed by atoms with E-state index in [1.165, 1.54) is 12.1 Å². The van der Waals surface area contributed by atoms with E-state index in [9.17, 15) is 19.1 Å². The average molecular weight is 433 g/mol. The molecule has 7 heteroatoms. The number of amides is 1. The Bertz CT molecular complexity index is 872. The maximum absolute atomic E-state index is 14.6. The van der Waals surface area contributed by atoms with E-state index in [2.05, 4.69) is 10.6 Å². The molecular weight excluding hydrogens is 399 g/mol. The smallest absolute Gasteiger partial charge is 0.332 e. The van der Waals surface area contributed by atoms with Crippen molar-refractivity contribution in [2.75, 3.05) is 25.5 Å². The summed E-state index contributed by atoms with van der Waals surface area (Å²) in [5.41, 5.74) is 1.77. The third kappa shape index (κ3) is 7.68. The molecule has 1 aromatic rings. The quantitative estimate of drug-likeness (QED) is 0.294.